The number of ether oxygens (including phenoxy) is 1. The molecule has 0 saturated carbocycles. The minimum absolute atomic E-state index is 0.0403. The highest BCUT2D eigenvalue weighted by molar-refractivity contribution is 6.14. The molecule has 3 N–H and O–H groups in total. The molecule has 0 bridgehead atoms. The molecule has 0 spiro atoms. The molecule has 1 aliphatic rings. The Morgan fingerprint density at radius 1 is 0.412 bits per heavy atom. The van der Waals surface area contributed by atoms with Gasteiger partial charge in [0, 0.05) is 10.8 Å². The zero-order valence-electron chi connectivity index (χ0n) is 29.4. The zero-order chi connectivity index (χ0) is 36.8. The lowest BCUT2D eigenvalue weighted by Crippen LogP contribution is -2.25. The molecular weight excluding hydrogens is 636 g/mol. The third kappa shape index (κ3) is 8.19. The highest BCUT2D eigenvalue weighted by atomic mass is 16.6. The highest BCUT2D eigenvalue weighted by Crippen LogP contribution is 2.40. The summed E-state index contributed by atoms with van der Waals surface area (Å²) in [5, 5.41) is 28.5. The van der Waals surface area contributed by atoms with Crippen LogP contribution in [-0.2, 0) is 15.6 Å². The Morgan fingerprint density at radius 3 is 1.02 bits per heavy atom. The van der Waals surface area contributed by atoms with Gasteiger partial charge in [-0.05, 0) is 97.1 Å². The number of benzene rings is 6. The summed E-state index contributed by atoms with van der Waals surface area (Å²) in [6.07, 6.45) is 0. The molecule has 1 aliphatic heterocycles. The Hall–Kier alpha value is -6.14. The van der Waals surface area contributed by atoms with Gasteiger partial charge < -0.3 is 20.1 Å². The van der Waals surface area contributed by atoms with Gasteiger partial charge in [-0.3, -0.25) is 0 Å². The number of cyclic esters (lactones) is 2. The third-order valence-corrected chi connectivity index (χ3v) is 9.43. The summed E-state index contributed by atoms with van der Waals surface area (Å²) in [5.41, 5.74) is 8.64. The Kier molecular flexibility index (Phi) is 10.8. The molecule has 0 saturated heterocycles. The first-order valence-corrected chi connectivity index (χ1v) is 16.7. The molecule has 7 rings (SSSR count). The van der Waals surface area contributed by atoms with E-state index >= 15 is 0 Å². The second kappa shape index (κ2) is 15.2. The van der Waals surface area contributed by atoms with E-state index in [4.69, 9.17) is 0 Å². The largest absolute Gasteiger partial charge is 0.508 e. The Morgan fingerprint density at radius 2 is 0.686 bits per heavy atom. The van der Waals surface area contributed by atoms with Crippen molar-refractivity contribution in [2.75, 3.05) is 0 Å². The van der Waals surface area contributed by atoms with Gasteiger partial charge in [0.05, 0.1) is 11.1 Å². The van der Waals surface area contributed by atoms with Crippen LogP contribution in [0.25, 0.3) is 0 Å². The van der Waals surface area contributed by atoms with Crippen LogP contribution in [0.2, 0.25) is 0 Å². The fourth-order valence-electron chi connectivity index (χ4n) is 6.02. The lowest BCUT2D eigenvalue weighted by Gasteiger charge is -2.32. The van der Waals surface area contributed by atoms with Gasteiger partial charge in [-0.25, -0.2) is 9.59 Å². The molecule has 6 heteroatoms. The minimum atomic E-state index is -0.550. The molecule has 258 valence electrons. The number of hydrogen-bond donors (Lipinski definition) is 3. The summed E-state index contributed by atoms with van der Waals surface area (Å²) < 4.78 is 4.35. The first kappa shape index (κ1) is 36.1. The van der Waals surface area contributed by atoms with E-state index in [0.29, 0.717) is 16.9 Å². The minimum Gasteiger partial charge on any atom is -0.508 e. The van der Waals surface area contributed by atoms with Crippen LogP contribution in [-0.4, -0.2) is 27.3 Å². The van der Waals surface area contributed by atoms with Crippen LogP contribution >= 0.6 is 0 Å². The Balaban J connectivity index is 0.000000158. The molecule has 51 heavy (non-hydrogen) atoms. The van der Waals surface area contributed by atoms with Crippen LogP contribution in [0.5, 0.6) is 17.2 Å². The third-order valence-electron chi connectivity index (χ3n) is 9.43. The number of phenols is 3. The number of carbonyl (C=O) groups excluding carboxylic acids is 2. The van der Waals surface area contributed by atoms with E-state index in [9.17, 15) is 24.9 Å². The van der Waals surface area contributed by atoms with Crippen LogP contribution in [0.15, 0.2) is 146 Å². The topological polar surface area (TPSA) is 104 Å². The van der Waals surface area contributed by atoms with Crippen molar-refractivity contribution < 1.29 is 29.6 Å². The van der Waals surface area contributed by atoms with Crippen molar-refractivity contribution in [1.82, 2.24) is 0 Å². The van der Waals surface area contributed by atoms with E-state index in [2.05, 4.69) is 87.9 Å². The molecule has 0 radical (unpaired) electrons. The lowest BCUT2D eigenvalue weighted by molar-refractivity contribution is 0.0443. The van der Waals surface area contributed by atoms with Gasteiger partial charge in [0.25, 0.3) is 0 Å². The van der Waals surface area contributed by atoms with Crippen molar-refractivity contribution in [2.45, 2.75) is 45.4 Å². The van der Waals surface area contributed by atoms with Gasteiger partial charge in [-0.15, -0.1) is 0 Å². The molecule has 0 atom stereocenters. The van der Waals surface area contributed by atoms with Crippen molar-refractivity contribution >= 4 is 11.9 Å². The second-order valence-electron chi connectivity index (χ2n) is 13.3. The predicted octanol–water partition coefficient (Wildman–Crippen LogP) is 9.78. The van der Waals surface area contributed by atoms with Gasteiger partial charge in [0.15, 0.2) is 0 Å². The molecule has 0 unspecified atom stereocenters. The van der Waals surface area contributed by atoms with Gasteiger partial charge in [-0.1, -0.05) is 122 Å². The summed E-state index contributed by atoms with van der Waals surface area (Å²) in [5.74, 6) is -0.277. The van der Waals surface area contributed by atoms with Gasteiger partial charge in [0.1, 0.15) is 17.2 Å². The van der Waals surface area contributed by atoms with Crippen LogP contribution in [0.4, 0.5) is 0 Å². The normalized spacial score (nSPS) is 12.1. The van der Waals surface area contributed by atoms with Crippen molar-refractivity contribution in [3.05, 3.63) is 196 Å². The van der Waals surface area contributed by atoms with Crippen molar-refractivity contribution in [1.29, 1.82) is 0 Å². The van der Waals surface area contributed by atoms with E-state index in [1.165, 1.54) is 27.8 Å². The number of rotatable bonds is 5. The quantitative estimate of drug-likeness (QED) is 0.0953. The number of hydrogen-bond acceptors (Lipinski definition) is 6. The first-order valence-electron chi connectivity index (χ1n) is 16.7. The Labute approximate surface area is 299 Å². The average Bonchev–Trinajstić information content (AvgIpc) is 3.42. The maximum absolute atomic E-state index is 10.8. The maximum Gasteiger partial charge on any atom is 0.346 e. The second-order valence-corrected chi connectivity index (χ2v) is 13.3. The van der Waals surface area contributed by atoms with Gasteiger partial charge in [-0.2, -0.15) is 0 Å². The molecule has 6 nitrogen and oxygen atoms in total. The molecule has 0 fully saturated rings. The van der Waals surface area contributed by atoms with Crippen LogP contribution < -0.4 is 0 Å². The highest BCUT2D eigenvalue weighted by Gasteiger charge is 2.31. The Bertz CT molecular complexity index is 1900. The van der Waals surface area contributed by atoms with Crippen molar-refractivity contribution in [2.24, 2.45) is 0 Å². The molecule has 0 aliphatic carbocycles. The number of fused-ring (bicyclic) bond motifs is 1. The van der Waals surface area contributed by atoms with Crippen LogP contribution in [0.1, 0.15) is 80.4 Å². The van der Waals surface area contributed by atoms with Crippen molar-refractivity contribution in [3.63, 3.8) is 0 Å². The summed E-state index contributed by atoms with van der Waals surface area (Å²) in [4.78, 5) is 21.7. The van der Waals surface area contributed by atoms with Crippen LogP contribution in [0.3, 0.4) is 0 Å². The zero-order valence-corrected chi connectivity index (χ0v) is 29.4. The number of phenolic OH excluding ortho intramolecular Hbond substituents is 3. The fraction of sp³-hybridized carbons (Fsp3) is 0.156. The average molecular weight is 679 g/mol. The first-order chi connectivity index (χ1) is 24.3. The molecule has 0 aromatic heterocycles. The number of esters is 2. The number of carbonyl (C=O) groups is 2. The van der Waals surface area contributed by atoms with Crippen molar-refractivity contribution in [3.8, 4) is 17.2 Å². The summed E-state index contributed by atoms with van der Waals surface area (Å²) >= 11 is 0. The molecular formula is C45H42O6. The molecule has 6 aromatic rings. The van der Waals surface area contributed by atoms with Gasteiger partial charge in [0.2, 0.25) is 0 Å². The van der Waals surface area contributed by atoms with Crippen LogP contribution in [0, 0.1) is 13.8 Å². The van der Waals surface area contributed by atoms with E-state index in [0.717, 1.165) is 11.1 Å². The lowest BCUT2D eigenvalue weighted by atomic mass is 9.71. The standard InChI is InChI=1S/C21H20O2.C16H18O.C8H4O3/c1-15-3-5-16(6-4-15)21(2,17-7-11-19(22)12-8-17)18-9-13-20(23)14-10-18;1-12-4-6-13(7-5-12)16(2,3)14-8-10-15(17)11-9-14;9-7-5-3-1-2-4-6(5)8(10)11-7/h3-14,22-23H,1-2H3;4-11,17H,1-3H3;1-4H. The maximum atomic E-state index is 10.8. The summed E-state index contributed by atoms with van der Waals surface area (Å²) in [7, 11) is 0. The summed E-state index contributed by atoms with van der Waals surface area (Å²) in [6, 6.07) is 45.7. The molecule has 1 heterocycles. The van der Waals surface area contributed by atoms with E-state index in [1.54, 1.807) is 60.7 Å². The number of aryl methyl sites for hydroxylation is 2. The van der Waals surface area contributed by atoms with E-state index in [1.807, 2.05) is 36.4 Å². The molecule has 0 amide bonds. The fourth-order valence-corrected chi connectivity index (χ4v) is 6.02. The monoisotopic (exact) mass is 678 g/mol. The van der Waals surface area contributed by atoms with Gasteiger partial charge >= 0.3 is 11.9 Å². The smallest absolute Gasteiger partial charge is 0.346 e. The predicted molar refractivity (Wildman–Crippen MR) is 201 cm³/mol. The van der Waals surface area contributed by atoms with E-state index < -0.39 is 11.9 Å². The summed E-state index contributed by atoms with van der Waals surface area (Å²) in [6.45, 7) is 10.7. The van der Waals surface area contributed by atoms with E-state index in [-0.39, 0.29) is 22.3 Å². The SMILES string of the molecule is Cc1ccc(C(C)(C)c2ccc(O)cc2)cc1.Cc1ccc(C(C)(c2ccc(O)cc2)c2ccc(O)cc2)cc1.O=C1OC(=O)c2ccccc21. The number of aromatic hydroxyl groups is 3. The molecule has 6 aromatic carbocycles.